The van der Waals surface area contributed by atoms with Gasteiger partial charge in [0.2, 0.25) is 5.91 Å². The van der Waals surface area contributed by atoms with E-state index < -0.39 is 0 Å². The Balaban J connectivity index is 2.49. The molecule has 1 amide bonds. The van der Waals surface area contributed by atoms with Crippen LogP contribution < -0.4 is 5.32 Å². The van der Waals surface area contributed by atoms with Crippen LogP contribution in [-0.4, -0.2) is 24.7 Å². The van der Waals surface area contributed by atoms with Crippen LogP contribution in [0.1, 0.15) is 12.8 Å². The Morgan fingerprint density at radius 2 is 2.31 bits per heavy atom. The van der Waals surface area contributed by atoms with E-state index in [-0.39, 0.29) is 11.7 Å². The Bertz CT molecular complexity index is 368. The monoisotopic (exact) mass is 243 g/mol. The summed E-state index contributed by atoms with van der Waals surface area (Å²) in [7, 11) is 1.59. The van der Waals surface area contributed by atoms with Crippen molar-refractivity contribution in [1.82, 2.24) is 0 Å². The summed E-state index contributed by atoms with van der Waals surface area (Å²) in [6.45, 7) is 0.552. The van der Waals surface area contributed by atoms with Gasteiger partial charge >= 0.3 is 0 Å². The van der Waals surface area contributed by atoms with Gasteiger partial charge in [-0.1, -0.05) is 11.6 Å². The van der Waals surface area contributed by atoms with Gasteiger partial charge in [-0.2, -0.15) is 0 Å². The average Bonchev–Trinajstić information content (AvgIpc) is 2.23. The van der Waals surface area contributed by atoms with Crippen molar-refractivity contribution in [3.63, 3.8) is 0 Å². The molecule has 16 heavy (non-hydrogen) atoms. The molecule has 5 heteroatoms. The van der Waals surface area contributed by atoms with Crippen LogP contribution in [0.15, 0.2) is 18.2 Å². The number of hydrogen-bond donors (Lipinski definition) is 2. The lowest BCUT2D eigenvalue weighted by Gasteiger charge is -2.07. The molecule has 88 valence electrons. The van der Waals surface area contributed by atoms with Crippen LogP contribution in [0, 0.1) is 0 Å². The molecule has 0 spiro atoms. The summed E-state index contributed by atoms with van der Waals surface area (Å²) in [5, 5.41) is 12.1. The largest absolute Gasteiger partial charge is 0.508 e. The third-order valence-electron chi connectivity index (χ3n) is 1.98. The number of phenols is 1. The highest BCUT2D eigenvalue weighted by Gasteiger charge is 2.06. The van der Waals surface area contributed by atoms with E-state index in [0.29, 0.717) is 30.2 Å². The molecule has 0 bridgehead atoms. The number of rotatable bonds is 5. The molecule has 0 fully saturated rings. The molecule has 0 heterocycles. The van der Waals surface area contributed by atoms with Crippen LogP contribution in [0.25, 0.3) is 0 Å². The molecule has 0 aromatic heterocycles. The number of carbonyl (C=O) groups is 1. The van der Waals surface area contributed by atoms with Crippen molar-refractivity contribution < 1.29 is 14.6 Å². The number of amides is 1. The van der Waals surface area contributed by atoms with Crippen LogP contribution in [0.2, 0.25) is 5.02 Å². The highest BCUT2D eigenvalue weighted by atomic mass is 35.5. The van der Waals surface area contributed by atoms with E-state index in [1.165, 1.54) is 12.1 Å². The molecule has 4 nitrogen and oxygen atoms in total. The molecular formula is C11H14ClNO3. The van der Waals surface area contributed by atoms with Crippen molar-refractivity contribution in [2.75, 3.05) is 19.0 Å². The molecule has 0 radical (unpaired) electrons. The van der Waals surface area contributed by atoms with Gasteiger partial charge in [0.25, 0.3) is 0 Å². The fourth-order valence-corrected chi connectivity index (χ4v) is 1.42. The minimum atomic E-state index is -0.121. The molecule has 0 saturated heterocycles. The summed E-state index contributed by atoms with van der Waals surface area (Å²) in [5.74, 6) is -0.0491. The van der Waals surface area contributed by atoms with Crippen molar-refractivity contribution in [2.45, 2.75) is 12.8 Å². The Kier molecular flexibility index (Phi) is 5.08. The van der Waals surface area contributed by atoms with Crippen molar-refractivity contribution in [2.24, 2.45) is 0 Å². The molecule has 0 atom stereocenters. The van der Waals surface area contributed by atoms with Crippen LogP contribution in [-0.2, 0) is 9.53 Å². The lowest BCUT2D eigenvalue weighted by Crippen LogP contribution is -2.12. The van der Waals surface area contributed by atoms with Crippen LogP contribution in [0.4, 0.5) is 5.69 Å². The number of halogens is 1. The standard InChI is InChI=1S/C11H14ClNO3/c1-16-6-2-3-11(15)13-10-5-4-8(14)7-9(10)12/h4-5,7,14H,2-3,6H2,1H3,(H,13,15). The molecule has 0 aliphatic rings. The number of aromatic hydroxyl groups is 1. The Morgan fingerprint density at radius 3 is 2.94 bits per heavy atom. The lowest BCUT2D eigenvalue weighted by atomic mass is 10.2. The maximum absolute atomic E-state index is 11.4. The smallest absolute Gasteiger partial charge is 0.224 e. The first-order valence-corrected chi connectivity index (χ1v) is 5.28. The summed E-state index contributed by atoms with van der Waals surface area (Å²) in [4.78, 5) is 11.4. The number of benzene rings is 1. The van der Waals surface area contributed by atoms with Gasteiger partial charge in [-0.15, -0.1) is 0 Å². The van der Waals surface area contributed by atoms with Crippen molar-refractivity contribution in [3.8, 4) is 5.75 Å². The van der Waals surface area contributed by atoms with Gasteiger partial charge in [0.05, 0.1) is 10.7 Å². The molecule has 0 aliphatic carbocycles. The number of ether oxygens (including phenoxy) is 1. The van der Waals surface area contributed by atoms with Gasteiger partial charge in [0.1, 0.15) is 5.75 Å². The summed E-state index contributed by atoms with van der Waals surface area (Å²) in [6, 6.07) is 4.41. The minimum absolute atomic E-state index is 0.0716. The molecular weight excluding hydrogens is 230 g/mol. The maximum atomic E-state index is 11.4. The van der Waals surface area contributed by atoms with E-state index >= 15 is 0 Å². The number of carbonyl (C=O) groups excluding carboxylic acids is 1. The molecule has 0 saturated carbocycles. The second kappa shape index (κ2) is 6.35. The zero-order chi connectivity index (χ0) is 12.0. The number of hydrogen-bond acceptors (Lipinski definition) is 3. The van der Waals surface area contributed by atoms with Gasteiger partial charge in [-0.3, -0.25) is 4.79 Å². The zero-order valence-electron chi connectivity index (χ0n) is 9.00. The first-order chi connectivity index (χ1) is 7.63. The van der Waals surface area contributed by atoms with Gasteiger partial charge in [-0.05, 0) is 18.6 Å². The lowest BCUT2D eigenvalue weighted by molar-refractivity contribution is -0.116. The zero-order valence-corrected chi connectivity index (χ0v) is 9.75. The van der Waals surface area contributed by atoms with E-state index in [1.807, 2.05) is 0 Å². The molecule has 1 rings (SSSR count). The van der Waals surface area contributed by atoms with E-state index in [4.69, 9.17) is 21.4 Å². The second-order valence-electron chi connectivity index (χ2n) is 3.31. The molecule has 1 aromatic carbocycles. The molecule has 1 aromatic rings. The number of nitrogens with one attached hydrogen (secondary N) is 1. The van der Waals surface area contributed by atoms with Gasteiger partial charge in [0.15, 0.2) is 0 Å². The number of phenolic OH excluding ortho intramolecular Hbond substituents is 1. The number of anilines is 1. The first-order valence-electron chi connectivity index (χ1n) is 4.91. The first kappa shape index (κ1) is 12.8. The molecule has 0 unspecified atom stereocenters. The van der Waals surface area contributed by atoms with Crippen molar-refractivity contribution in [1.29, 1.82) is 0 Å². The van der Waals surface area contributed by atoms with Gasteiger partial charge in [-0.25, -0.2) is 0 Å². The third-order valence-corrected chi connectivity index (χ3v) is 2.29. The van der Waals surface area contributed by atoms with Crippen molar-refractivity contribution >= 4 is 23.2 Å². The predicted octanol–water partition coefficient (Wildman–Crippen LogP) is 2.41. The fraction of sp³-hybridized carbons (Fsp3) is 0.364. The van der Waals surface area contributed by atoms with Crippen LogP contribution >= 0.6 is 11.6 Å². The van der Waals surface area contributed by atoms with E-state index in [9.17, 15) is 4.79 Å². The highest BCUT2D eigenvalue weighted by Crippen LogP contribution is 2.25. The maximum Gasteiger partial charge on any atom is 0.224 e. The van der Waals surface area contributed by atoms with Crippen LogP contribution in [0.5, 0.6) is 5.75 Å². The quantitative estimate of drug-likeness (QED) is 0.617. The number of methoxy groups -OCH3 is 1. The third kappa shape index (κ3) is 4.08. The fourth-order valence-electron chi connectivity index (χ4n) is 1.20. The Labute approximate surface area is 99.2 Å². The topological polar surface area (TPSA) is 58.6 Å². The SMILES string of the molecule is COCCCC(=O)Nc1ccc(O)cc1Cl. The Hall–Kier alpha value is -1.26. The minimum Gasteiger partial charge on any atom is -0.508 e. The molecule has 0 aliphatic heterocycles. The second-order valence-corrected chi connectivity index (χ2v) is 3.72. The predicted molar refractivity (Wildman–Crippen MR) is 62.9 cm³/mol. The van der Waals surface area contributed by atoms with E-state index in [2.05, 4.69) is 5.32 Å². The van der Waals surface area contributed by atoms with E-state index in [1.54, 1.807) is 13.2 Å². The van der Waals surface area contributed by atoms with E-state index in [0.717, 1.165) is 0 Å². The summed E-state index contributed by atoms with van der Waals surface area (Å²) < 4.78 is 4.84. The van der Waals surface area contributed by atoms with Crippen molar-refractivity contribution in [3.05, 3.63) is 23.2 Å². The summed E-state index contributed by atoms with van der Waals surface area (Å²) in [5.41, 5.74) is 0.502. The Morgan fingerprint density at radius 1 is 1.56 bits per heavy atom. The summed E-state index contributed by atoms with van der Waals surface area (Å²) in [6.07, 6.45) is 1.04. The van der Waals surface area contributed by atoms with Crippen LogP contribution in [0.3, 0.4) is 0 Å². The summed E-state index contributed by atoms with van der Waals surface area (Å²) >= 11 is 5.84. The van der Waals surface area contributed by atoms with Gasteiger partial charge < -0.3 is 15.2 Å². The molecule has 2 N–H and O–H groups in total. The normalized spacial score (nSPS) is 10.1. The van der Waals surface area contributed by atoms with Gasteiger partial charge in [0, 0.05) is 26.2 Å². The highest BCUT2D eigenvalue weighted by molar-refractivity contribution is 6.33. The average molecular weight is 244 g/mol.